The third kappa shape index (κ3) is 3.88. The quantitative estimate of drug-likeness (QED) is 0.703. The number of hydrogen-bond donors (Lipinski definition) is 2. The maximum Gasteiger partial charge on any atom is 0.339 e. The number of carboxylic acid groups (broad SMARTS) is 1. The Bertz CT molecular complexity index is 1100. The Morgan fingerprint density at radius 3 is 2.31 bits per heavy atom. The van der Waals surface area contributed by atoms with Crippen molar-refractivity contribution in [2.24, 2.45) is 11.8 Å². The number of nitrogens with one attached hydrogen (secondary N) is 1. The van der Waals surface area contributed by atoms with Crippen LogP contribution in [-0.2, 0) is 9.59 Å². The predicted octanol–water partition coefficient (Wildman–Crippen LogP) is 2.40. The summed E-state index contributed by atoms with van der Waals surface area (Å²) in [7, 11) is 0. The number of amides is 1. The fraction of sp³-hybridized carbons (Fsp3) is 0.542. The van der Waals surface area contributed by atoms with Crippen molar-refractivity contribution >= 4 is 22.8 Å². The Morgan fingerprint density at radius 1 is 1.12 bits per heavy atom. The number of ether oxygens (including phenoxy) is 1. The molecule has 2 bridgehead atoms. The third-order valence-corrected chi connectivity index (χ3v) is 7.07. The molecular weight excluding hydrogens is 412 g/mol. The van der Waals surface area contributed by atoms with Crippen LogP contribution in [0.4, 0.5) is 0 Å². The third-order valence-electron chi connectivity index (χ3n) is 7.07. The lowest BCUT2D eigenvalue weighted by Gasteiger charge is -2.25. The van der Waals surface area contributed by atoms with Gasteiger partial charge in [-0.15, -0.1) is 0 Å². The molecule has 8 heteroatoms. The smallest absolute Gasteiger partial charge is 0.339 e. The van der Waals surface area contributed by atoms with E-state index in [0.29, 0.717) is 40.8 Å². The molecule has 2 aromatic rings. The molecule has 0 radical (unpaired) electrons. The predicted molar refractivity (Wildman–Crippen MR) is 119 cm³/mol. The molecule has 4 atom stereocenters. The number of carbonyl (C=O) groups is 2. The van der Waals surface area contributed by atoms with E-state index in [1.54, 1.807) is 6.92 Å². The molecule has 4 heterocycles. The van der Waals surface area contributed by atoms with Crippen LogP contribution in [0.3, 0.4) is 0 Å². The Kier molecular flexibility index (Phi) is 5.99. The Hall–Kier alpha value is -2.87. The minimum atomic E-state index is -0.833. The van der Waals surface area contributed by atoms with Crippen LogP contribution in [0, 0.1) is 32.6 Å². The standard InChI is InChI=1S/C22H26N2O4.C2H4O2/c1-11-6-18(21-12(2)13(3)22(26)28-19(21)7-11)27-10-20(25)24-16-4-5-17(24)15-9-23-8-14(15)16;1-2(3)4/h6-7,14-17,23H,4-5,8-10H2,1-3H3;1H3,(H,3,4)/t14-,15+,16-,17+;. The highest BCUT2D eigenvalue weighted by atomic mass is 16.5. The Labute approximate surface area is 186 Å². The molecule has 172 valence electrons. The Balaban J connectivity index is 0.000000567. The van der Waals surface area contributed by atoms with Crippen LogP contribution in [0.1, 0.15) is 36.5 Å². The monoisotopic (exact) mass is 442 g/mol. The van der Waals surface area contributed by atoms with Gasteiger partial charge in [0.15, 0.2) is 6.61 Å². The van der Waals surface area contributed by atoms with Crippen molar-refractivity contribution < 1.29 is 23.8 Å². The molecule has 32 heavy (non-hydrogen) atoms. The number of rotatable bonds is 3. The average Bonchev–Trinajstić information content (AvgIpc) is 3.41. The van der Waals surface area contributed by atoms with Gasteiger partial charge in [-0.3, -0.25) is 9.59 Å². The second-order valence-electron chi connectivity index (χ2n) is 9.08. The first-order valence-electron chi connectivity index (χ1n) is 11.1. The van der Waals surface area contributed by atoms with Crippen molar-refractivity contribution in [3.8, 4) is 5.75 Å². The maximum absolute atomic E-state index is 13.0. The van der Waals surface area contributed by atoms with Crippen molar-refractivity contribution in [2.75, 3.05) is 19.7 Å². The summed E-state index contributed by atoms with van der Waals surface area (Å²) in [5.74, 6) is 1.05. The fourth-order valence-corrected chi connectivity index (χ4v) is 5.65. The summed E-state index contributed by atoms with van der Waals surface area (Å²) in [5.41, 5.74) is 2.54. The molecule has 1 amide bonds. The zero-order valence-corrected chi connectivity index (χ0v) is 18.9. The summed E-state index contributed by atoms with van der Waals surface area (Å²) < 4.78 is 11.5. The lowest BCUT2D eigenvalue weighted by atomic mass is 9.82. The summed E-state index contributed by atoms with van der Waals surface area (Å²) in [4.78, 5) is 36.2. The molecule has 5 rings (SSSR count). The van der Waals surface area contributed by atoms with E-state index in [9.17, 15) is 9.59 Å². The van der Waals surface area contributed by atoms with Crippen LogP contribution >= 0.6 is 0 Å². The highest BCUT2D eigenvalue weighted by molar-refractivity contribution is 5.89. The number of benzene rings is 1. The molecule has 3 fully saturated rings. The molecule has 3 aliphatic heterocycles. The van der Waals surface area contributed by atoms with Gasteiger partial charge in [0.1, 0.15) is 11.3 Å². The van der Waals surface area contributed by atoms with Gasteiger partial charge >= 0.3 is 5.63 Å². The first-order chi connectivity index (χ1) is 15.2. The molecule has 8 nitrogen and oxygen atoms in total. The number of fused-ring (bicyclic) bond motifs is 6. The highest BCUT2D eigenvalue weighted by Gasteiger charge is 2.56. The first kappa shape index (κ1) is 22.3. The van der Waals surface area contributed by atoms with E-state index in [-0.39, 0.29) is 18.1 Å². The number of nitrogens with zero attached hydrogens (tertiary/aromatic N) is 1. The number of aliphatic carboxylic acids is 1. The topological polar surface area (TPSA) is 109 Å². The molecule has 3 saturated heterocycles. The molecular formula is C24H30N2O6. The summed E-state index contributed by atoms with van der Waals surface area (Å²) in [5, 5.41) is 11.7. The van der Waals surface area contributed by atoms with Gasteiger partial charge in [0.2, 0.25) is 0 Å². The summed E-state index contributed by atoms with van der Waals surface area (Å²) in [6.07, 6.45) is 2.21. The normalized spacial score (nSPS) is 25.4. The fourth-order valence-electron chi connectivity index (χ4n) is 5.65. The number of carbonyl (C=O) groups excluding carboxylic acids is 1. The number of hydrogen-bond acceptors (Lipinski definition) is 6. The minimum absolute atomic E-state index is 0.0238. The minimum Gasteiger partial charge on any atom is -0.483 e. The lowest BCUT2D eigenvalue weighted by Crippen LogP contribution is -2.41. The van der Waals surface area contributed by atoms with E-state index in [1.165, 1.54) is 0 Å². The van der Waals surface area contributed by atoms with Crippen LogP contribution < -0.4 is 15.7 Å². The molecule has 3 aliphatic rings. The second kappa shape index (κ2) is 8.58. The molecule has 0 aliphatic carbocycles. The van der Waals surface area contributed by atoms with Crippen LogP contribution in [0.5, 0.6) is 5.75 Å². The van der Waals surface area contributed by atoms with Gasteiger partial charge in [-0.1, -0.05) is 0 Å². The molecule has 0 spiro atoms. The maximum atomic E-state index is 13.0. The van der Waals surface area contributed by atoms with Crippen molar-refractivity contribution in [1.82, 2.24) is 10.2 Å². The summed E-state index contributed by atoms with van der Waals surface area (Å²) in [6, 6.07) is 4.47. The van der Waals surface area contributed by atoms with Crippen LogP contribution in [0.15, 0.2) is 21.3 Å². The van der Waals surface area contributed by atoms with Gasteiger partial charge in [0, 0.05) is 37.7 Å². The second-order valence-corrected chi connectivity index (χ2v) is 9.08. The number of carboxylic acids is 1. The van der Waals surface area contributed by atoms with Gasteiger partial charge in [-0.2, -0.15) is 0 Å². The highest BCUT2D eigenvalue weighted by Crippen LogP contribution is 2.47. The molecule has 0 unspecified atom stereocenters. The first-order valence-corrected chi connectivity index (χ1v) is 11.1. The van der Waals surface area contributed by atoms with E-state index in [4.69, 9.17) is 19.1 Å². The van der Waals surface area contributed by atoms with Gasteiger partial charge < -0.3 is 24.5 Å². The molecule has 2 N–H and O–H groups in total. The summed E-state index contributed by atoms with van der Waals surface area (Å²) in [6.45, 7) is 8.73. The van der Waals surface area contributed by atoms with E-state index in [1.807, 2.05) is 26.0 Å². The van der Waals surface area contributed by atoms with Crippen LogP contribution in [0.2, 0.25) is 0 Å². The van der Waals surface area contributed by atoms with Crippen LogP contribution in [0.25, 0.3) is 11.0 Å². The molecule has 1 aromatic heterocycles. The molecule has 0 saturated carbocycles. The van der Waals surface area contributed by atoms with Gasteiger partial charge in [0.25, 0.3) is 11.9 Å². The SMILES string of the molecule is CC(=O)O.Cc1cc(OCC(=O)N2[C@@H]3CC[C@H]2[C@H]2CNC[C@H]23)c2c(C)c(C)c(=O)oc2c1. The van der Waals surface area contributed by atoms with E-state index >= 15 is 0 Å². The largest absolute Gasteiger partial charge is 0.483 e. The van der Waals surface area contributed by atoms with Gasteiger partial charge in [0.05, 0.1) is 5.39 Å². The van der Waals surface area contributed by atoms with Crippen molar-refractivity contribution in [3.05, 3.63) is 39.2 Å². The van der Waals surface area contributed by atoms with E-state index < -0.39 is 5.97 Å². The van der Waals surface area contributed by atoms with E-state index in [2.05, 4.69) is 10.2 Å². The molecule has 1 aromatic carbocycles. The van der Waals surface area contributed by atoms with Gasteiger partial charge in [-0.05, 0) is 68.7 Å². The number of aryl methyl sites for hydroxylation is 2. The average molecular weight is 443 g/mol. The lowest BCUT2D eigenvalue weighted by molar-refractivity contribution is -0.135. The zero-order chi connectivity index (χ0) is 23.2. The van der Waals surface area contributed by atoms with Crippen molar-refractivity contribution in [3.63, 3.8) is 0 Å². The Morgan fingerprint density at radius 2 is 1.72 bits per heavy atom. The van der Waals surface area contributed by atoms with Crippen LogP contribution in [-0.4, -0.2) is 53.7 Å². The van der Waals surface area contributed by atoms with Gasteiger partial charge in [-0.25, -0.2) is 4.79 Å². The summed E-state index contributed by atoms with van der Waals surface area (Å²) >= 11 is 0. The van der Waals surface area contributed by atoms with E-state index in [0.717, 1.165) is 49.4 Å². The van der Waals surface area contributed by atoms with Crippen molar-refractivity contribution in [2.45, 2.75) is 52.6 Å². The zero-order valence-electron chi connectivity index (χ0n) is 18.9. The van der Waals surface area contributed by atoms with Crippen molar-refractivity contribution in [1.29, 1.82) is 0 Å².